The Morgan fingerprint density at radius 2 is 2.15 bits per heavy atom. The molecule has 0 spiro atoms. The Hall–Kier alpha value is -0.680. The molecule has 4 nitrogen and oxygen atoms in total. The molecule has 1 amide bonds. The van der Waals surface area contributed by atoms with E-state index in [2.05, 4.69) is 0 Å². The molecule has 0 saturated heterocycles. The number of rotatable bonds is 5. The topological polar surface area (TPSA) is 60.4 Å². The maximum atomic E-state index is 11.2. The molecule has 0 aliphatic heterocycles. The van der Waals surface area contributed by atoms with E-state index >= 15 is 0 Å². The van der Waals surface area contributed by atoms with Crippen molar-refractivity contribution in [3.63, 3.8) is 0 Å². The Morgan fingerprint density at radius 3 is 2.62 bits per heavy atom. The third-order valence-corrected chi connectivity index (χ3v) is 2.02. The highest BCUT2D eigenvalue weighted by Crippen LogP contribution is 1.94. The smallest absolute Gasteiger partial charge is 0.226 e. The summed E-state index contributed by atoms with van der Waals surface area (Å²) >= 11 is -2.19. The number of carbonyl (C=O) groups excluding carboxylic acids is 1. The second-order valence-corrected chi connectivity index (χ2v) is 3.47. The van der Waals surface area contributed by atoms with Crippen molar-refractivity contribution in [3.8, 4) is 0 Å². The summed E-state index contributed by atoms with van der Waals surface area (Å²) in [6, 6.07) is 0. The van der Waals surface area contributed by atoms with E-state index < -0.39 is 11.1 Å². The Kier molecular flexibility index (Phi) is 6.44. The van der Waals surface area contributed by atoms with Gasteiger partial charge in [0.25, 0.3) is 0 Å². The van der Waals surface area contributed by atoms with E-state index in [9.17, 15) is 13.6 Å². The van der Waals surface area contributed by atoms with Crippen molar-refractivity contribution in [2.45, 2.75) is 19.8 Å². The van der Waals surface area contributed by atoms with Crippen molar-refractivity contribution in [3.05, 3.63) is 12.2 Å². The Labute approximate surface area is 80.9 Å². The maximum absolute atomic E-state index is 11.2. The van der Waals surface area contributed by atoms with Gasteiger partial charge >= 0.3 is 0 Å². The molecule has 0 aromatic heterocycles. The fourth-order valence-corrected chi connectivity index (χ4v) is 1.20. The minimum Gasteiger partial charge on any atom is -0.771 e. The van der Waals surface area contributed by atoms with Crippen LogP contribution in [0.3, 0.4) is 0 Å². The van der Waals surface area contributed by atoms with Gasteiger partial charge in [0.05, 0.1) is 5.88 Å². The first-order valence-corrected chi connectivity index (χ1v) is 5.27. The highest BCUT2D eigenvalue weighted by Gasteiger charge is 2.05. The fraction of sp³-hybridized carbons (Fsp3) is 0.625. The van der Waals surface area contributed by atoms with Crippen LogP contribution in [0.1, 0.15) is 19.8 Å². The van der Waals surface area contributed by atoms with Crippen molar-refractivity contribution < 1.29 is 13.6 Å². The fourth-order valence-electron chi connectivity index (χ4n) is 0.737. The van der Waals surface area contributed by atoms with Crippen molar-refractivity contribution in [1.29, 1.82) is 0 Å². The summed E-state index contributed by atoms with van der Waals surface area (Å²) in [5.41, 5.74) is 0. The molecule has 13 heavy (non-hydrogen) atoms. The molecule has 0 N–H and O–H groups in total. The summed E-state index contributed by atoms with van der Waals surface area (Å²) in [5, 5.41) is 0. The summed E-state index contributed by atoms with van der Waals surface area (Å²) in [5.74, 6) is -0.424. The summed E-state index contributed by atoms with van der Waals surface area (Å²) in [6.45, 7) is 1.97. The summed E-state index contributed by atoms with van der Waals surface area (Å²) < 4.78 is 20.5. The molecule has 0 aliphatic carbocycles. The van der Waals surface area contributed by atoms with E-state index in [0.29, 0.717) is 0 Å². The molecular formula is C8H14NO3S-. The molecule has 0 aliphatic rings. The van der Waals surface area contributed by atoms with Crippen LogP contribution >= 0.6 is 0 Å². The lowest BCUT2D eigenvalue weighted by molar-refractivity contribution is -0.128. The zero-order valence-electron chi connectivity index (χ0n) is 7.86. The molecule has 76 valence electrons. The van der Waals surface area contributed by atoms with Crippen molar-refractivity contribution >= 4 is 17.0 Å². The van der Waals surface area contributed by atoms with Gasteiger partial charge in [-0.2, -0.15) is 0 Å². The molecule has 0 bridgehead atoms. The van der Waals surface area contributed by atoms with E-state index in [1.807, 2.05) is 13.0 Å². The highest BCUT2D eigenvalue weighted by atomic mass is 32.2. The van der Waals surface area contributed by atoms with Gasteiger partial charge in [-0.25, -0.2) is 0 Å². The van der Waals surface area contributed by atoms with Crippen LogP contribution in [0, 0.1) is 0 Å². The number of amides is 1. The quantitative estimate of drug-likeness (QED) is 0.487. The van der Waals surface area contributed by atoms with Crippen LogP contribution in [0.25, 0.3) is 0 Å². The van der Waals surface area contributed by atoms with Crippen LogP contribution in [-0.4, -0.2) is 32.5 Å². The normalized spacial score (nSPS) is 13.2. The van der Waals surface area contributed by atoms with E-state index in [1.165, 1.54) is 11.9 Å². The number of carbonyl (C=O) groups is 1. The van der Waals surface area contributed by atoms with Crippen LogP contribution in [0.5, 0.6) is 0 Å². The number of hydrogen-bond acceptors (Lipinski definition) is 3. The molecule has 0 aromatic carbocycles. The zero-order valence-corrected chi connectivity index (χ0v) is 8.67. The van der Waals surface area contributed by atoms with Gasteiger partial charge in [0.1, 0.15) is 0 Å². The average molecular weight is 204 g/mol. The minimum absolute atomic E-state index is 0.186. The minimum atomic E-state index is -2.19. The lowest BCUT2D eigenvalue weighted by atomic mass is 10.3. The number of nitrogens with zero attached hydrogens (tertiary/aromatic N) is 1. The van der Waals surface area contributed by atoms with Gasteiger partial charge in [-0.3, -0.25) is 9.00 Å². The van der Waals surface area contributed by atoms with Gasteiger partial charge in [-0.15, -0.1) is 0 Å². The monoisotopic (exact) mass is 204 g/mol. The molecule has 0 heterocycles. The molecule has 1 unspecified atom stereocenters. The van der Waals surface area contributed by atoms with Crippen LogP contribution < -0.4 is 0 Å². The molecule has 1 atom stereocenters. The van der Waals surface area contributed by atoms with E-state index in [1.54, 1.807) is 6.08 Å². The SMILES string of the molecule is CC/C=C/CC(=O)N(C)CS(=O)[O-]. The first-order valence-electron chi connectivity index (χ1n) is 4.02. The second kappa shape index (κ2) is 6.80. The molecule has 0 saturated carbocycles. The van der Waals surface area contributed by atoms with Crippen molar-refractivity contribution in [1.82, 2.24) is 4.90 Å². The van der Waals surface area contributed by atoms with Crippen molar-refractivity contribution in [2.24, 2.45) is 0 Å². The van der Waals surface area contributed by atoms with E-state index in [4.69, 9.17) is 0 Å². The average Bonchev–Trinajstić information content (AvgIpc) is 2.03. The van der Waals surface area contributed by atoms with Gasteiger partial charge in [0, 0.05) is 13.5 Å². The zero-order chi connectivity index (χ0) is 10.3. The van der Waals surface area contributed by atoms with Gasteiger partial charge < -0.3 is 9.45 Å². The predicted octanol–water partition coefficient (Wildman–Crippen LogP) is 0.638. The molecule has 0 rings (SSSR count). The third kappa shape index (κ3) is 6.48. The largest absolute Gasteiger partial charge is 0.771 e. The van der Waals surface area contributed by atoms with E-state index in [-0.39, 0.29) is 18.2 Å². The molecule has 0 radical (unpaired) electrons. The molecule has 0 aromatic rings. The van der Waals surface area contributed by atoms with Gasteiger partial charge in [-0.1, -0.05) is 19.1 Å². The lowest BCUT2D eigenvalue weighted by Crippen LogP contribution is -2.29. The molecule has 5 heteroatoms. The Balaban J connectivity index is 3.82. The second-order valence-electron chi connectivity index (χ2n) is 2.61. The first kappa shape index (κ1) is 12.3. The van der Waals surface area contributed by atoms with Crippen LogP contribution in [0.15, 0.2) is 12.2 Å². The highest BCUT2D eigenvalue weighted by molar-refractivity contribution is 7.79. The van der Waals surface area contributed by atoms with Gasteiger partial charge in [0.2, 0.25) is 5.91 Å². The van der Waals surface area contributed by atoms with Crippen LogP contribution in [0.4, 0.5) is 0 Å². The van der Waals surface area contributed by atoms with Crippen molar-refractivity contribution in [2.75, 3.05) is 12.9 Å². The van der Waals surface area contributed by atoms with Gasteiger partial charge in [-0.05, 0) is 17.5 Å². The standard InChI is InChI=1S/C8H15NO3S/c1-3-4-5-6-8(10)9(2)7-13(11)12/h4-5H,3,6-7H2,1-2H3,(H,11,12)/p-1/b5-4+. The van der Waals surface area contributed by atoms with Crippen LogP contribution in [-0.2, 0) is 15.9 Å². The number of hydrogen-bond donors (Lipinski definition) is 0. The Morgan fingerprint density at radius 1 is 1.54 bits per heavy atom. The first-order chi connectivity index (χ1) is 6.07. The predicted molar refractivity (Wildman–Crippen MR) is 50.6 cm³/mol. The van der Waals surface area contributed by atoms with Crippen LogP contribution in [0.2, 0.25) is 0 Å². The summed E-state index contributed by atoms with van der Waals surface area (Å²) in [6.07, 6.45) is 4.76. The number of allylic oxidation sites excluding steroid dienone is 1. The molecular weight excluding hydrogens is 190 g/mol. The molecule has 0 fully saturated rings. The third-order valence-electron chi connectivity index (χ3n) is 1.42. The van der Waals surface area contributed by atoms with E-state index in [0.717, 1.165) is 6.42 Å². The summed E-state index contributed by atoms with van der Waals surface area (Å²) in [4.78, 5) is 12.3. The van der Waals surface area contributed by atoms with Gasteiger partial charge in [0.15, 0.2) is 0 Å². The lowest BCUT2D eigenvalue weighted by Gasteiger charge is -2.17. The Bertz CT molecular complexity index is 215. The summed E-state index contributed by atoms with van der Waals surface area (Å²) in [7, 11) is 1.47. The maximum Gasteiger partial charge on any atom is 0.226 e.